The number of carbonyl (C=O) groups excluding carboxylic acids is 1. The third kappa shape index (κ3) is 3.91. The summed E-state index contributed by atoms with van der Waals surface area (Å²) in [5, 5.41) is 5.26. The lowest BCUT2D eigenvalue weighted by atomic mass is 9.98. The second kappa shape index (κ2) is 9.22. The number of urea groups is 1. The molecule has 3 heterocycles. The molecule has 1 aliphatic carbocycles. The van der Waals surface area contributed by atoms with E-state index in [0.29, 0.717) is 19.1 Å². The second-order valence-corrected chi connectivity index (χ2v) is 9.96. The number of rotatable bonds is 6. The Morgan fingerprint density at radius 3 is 2.66 bits per heavy atom. The number of nitrogens with zero attached hydrogens (tertiary/aromatic N) is 3. The fraction of sp³-hybridized carbons (Fsp3) is 0.423. The molecule has 1 N–H and O–H groups in total. The van der Waals surface area contributed by atoms with Crippen LogP contribution in [0.1, 0.15) is 27.6 Å². The van der Waals surface area contributed by atoms with E-state index in [1.165, 1.54) is 21.6 Å². The Morgan fingerprint density at radius 2 is 1.91 bits per heavy atom. The fourth-order valence-corrected chi connectivity index (χ4v) is 6.61. The van der Waals surface area contributed by atoms with E-state index < -0.39 is 0 Å². The van der Waals surface area contributed by atoms with Crippen molar-refractivity contribution < 1.29 is 4.79 Å². The summed E-state index contributed by atoms with van der Waals surface area (Å²) in [6.07, 6.45) is 5.97. The molecule has 2 amide bonds. The van der Waals surface area contributed by atoms with Crippen molar-refractivity contribution >= 4 is 17.4 Å². The summed E-state index contributed by atoms with van der Waals surface area (Å²) in [6, 6.07) is 12.0. The molecule has 2 aliphatic heterocycles. The van der Waals surface area contributed by atoms with Gasteiger partial charge in [-0.25, -0.2) is 4.79 Å². The summed E-state index contributed by atoms with van der Waals surface area (Å²) in [4.78, 5) is 20.9. The minimum Gasteiger partial charge on any atom is -0.336 e. The van der Waals surface area contributed by atoms with Gasteiger partial charge in [0.25, 0.3) is 0 Å². The molecule has 0 spiro atoms. The van der Waals surface area contributed by atoms with E-state index in [1.54, 1.807) is 6.08 Å². The van der Waals surface area contributed by atoms with Crippen LogP contribution in [0.3, 0.4) is 0 Å². The normalized spacial score (nSPS) is 24.9. The number of piperazine rings is 1. The predicted molar refractivity (Wildman–Crippen MR) is 131 cm³/mol. The summed E-state index contributed by atoms with van der Waals surface area (Å²) in [7, 11) is 0. The fourth-order valence-electron chi connectivity index (χ4n) is 5.65. The van der Waals surface area contributed by atoms with Crippen molar-refractivity contribution in [2.75, 3.05) is 39.3 Å². The Bertz CT molecular complexity index is 993. The highest BCUT2D eigenvalue weighted by Crippen LogP contribution is 2.37. The van der Waals surface area contributed by atoms with E-state index in [1.807, 2.05) is 22.3 Å². The van der Waals surface area contributed by atoms with E-state index in [4.69, 9.17) is 0 Å². The third-order valence-electron chi connectivity index (χ3n) is 7.32. The van der Waals surface area contributed by atoms with Crippen molar-refractivity contribution in [1.82, 2.24) is 20.0 Å². The molecule has 2 aromatic rings. The topological polar surface area (TPSA) is 38.8 Å². The van der Waals surface area contributed by atoms with E-state index in [-0.39, 0.29) is 18.1 Å². The van der Waals surface area contributed by atoms with Crippen LogP contribution in [-0.2, 0) is 12.8 Å². The number of carbonyl (C=O) groups is 1. The first-order valence-corrected chi connectivity index (χ1v) is 12.5. The van der Waals surface area contributed by atoms with Gasteiger partial charge in [0.05, 0.1) is 6.04 Å². The Morgan fingerprint density at radius 1 is 1.12 bits per heavy atom. The van der Waals surface area contributed by atoms with Crippen LogP contribution in [0.2, 0.25) is 0 Å². The minimum atomic E-state index is 0.00231. The summed E-state index contributed by atoms with van der Waals surface area (Å²) in [6.45, 7) is 13.2. The summed E-state index contributed by atoms with van der Waals surface area (Å²) in [5.74, 6) is 0. The number of amides is 2. The molecular weight excluding hydrogens is 416 g/mol. The molecule has 5 nitrogen and oxygen atoms in total. The molecule has 0 saturated carbocycles. The zero-order chi connectivity index (χ0) is 22.1. The Labute approximate surface area is 195 Å². The van der Waals surface area contributed by atoms with Crippen LogP contribution in [0.25, 0.3) is 0 Å². The van der Waals surface area contributed by atoms with Gasteiger partial charge in [0.15, 0.2) is 0 Å². The summed E-state index contributed by atoms with van der Waals surface area (Å²) >= 11 is 1.90. The van der Waals surface area contributed by atoms with Crippen molar-refractivity contribution in [2.24, 2.45) is 0 Å². The standard InChI is InChI=1S/C26H32N4OS/c1-3-10-30-24(18-27-26(30)31)22(4-2)28-11-13-29(14-12-28)23-16-19-7-5-6-8-20(19)17-25-21(23)9-15-32-25/h3-9,15,22-24H,1-2,10-14,16-18H2,(H,27,31). The van der Waals surface area contributed by atoms with Crippen LogP contribution in [0.4, 0.5) is 4.79 Å². The van der Waals surface area contributed by atoms with E-state index in [9.17, 15) is 4.79 Å². The molecule has 1 aromatic heterocycles. The lowest BCUT2D eigenvalue weighted by molar-refractivity contribution is 0.0610. The molecule has 0 radical (unpaired) electrons. The van der Waals surface area contributed by atoms with Crippen molar-refractivity contribution in [1.29, 1.82) is 0 Å². The average Bonchev–Trinajstić information content (AvgIpc) is 3.38. The average molecular weight is 449 g/mol. The maximum Gasteiger partial charge on any atom is 0.318 e. The highest BCUT2D eigenvalue weighted by molar-refractivity contribution is 7.10. The smallest absolute Gasteiger partial charge is 0.318 e. The lowest BCUT2D eigenvalue weighted by Gasteiger charge is -2.44. The number of nitrogens with one attached hydrogen (secondary N) is 1. The monoisotopic (exact) mass is 448 g/mol. The molecule has 3 aliphatic rings. The molecule has 6 heteroatoms. The number of thiophene rings is 1. The molecule has 5 rings (SSSR count). The van der Waals surface area contributed by atoms with Crippen LogP contribution >= 0.6 is 11.3 Å². The first-order valence-electron chi connectivity index (χ1n) is 11.6. The van der Waals surface area contributed by atoms with Crippen LogP contribution in [0.5, 0.6) is 0 Å². The van der Waals surface area contributed by atoms with Crippen molar-refractivity contribution in [3.63, 3.8) is 0 Å². The number of benzene rings is 1. The number of hydrogen-bond donors (Lipinski definition) is 1. The van der Waals surface area contributed by atoms with Crippen LogP contribution in [-0.4, -0.2) is 72.1 Å². The Balaban J connectivity index is 1.31. The zero-order valence-electron chi connectivity index (χ0n) is 18.6. The Hall–Kier alpha value is -2.41. The van der Waals surface area contributed by atoms with E-state index >= 15 is 0 Å². The summed E-state index contributed by atoms with van der Waals surface area (Å²) < 4.78 is 0. The molecule has 1 aromatic carbocycles. The van der Waals surface area contributed by atoms with Crippen molar-refractivity contribution in [3.8, 4) is 0 Å². The summed E-state index contributed by atoms with van der Waals surface area (Å²) in [5.41, 5.74) is 4.48. The van der Waals surface area contributed by atoms with Crippen molar-refractivity contribution in [2.45, 2.75) is 31.0 Å². The maximum atomic E-state index is 12.3. The van der Waals surface area contributed by atoms with E-state index in [0.717, 1.165) is 39.0 Å². The Kier molecular flexibility index (Phi) is 6.17. The first-order chi connectivity index (χ1) is 15.7. The second-order valence-electron chi connectivity index (χ2n) is 8.96. The zero-order valence-corrected chi connectivity index (χ0v) is 19.4. The highest BCUT2D eigenvalue weighted by atomic mass is 32.1. The van der Waals surface area contributed by atoms with Crippen LogP contribution in [0, 0.1) is 0 Å². The molecular formula is C26H32N4OS. The SMILES string of the molecule is C=CCN1C(=O)NCC1C(C=C)N1CCN(C2Cc3ccccc3Cc3sccc32)CC1. The van der Waals surface area contributed by atoms with Crippen molar-refractivity contribution in [3.05, 3.63) is 82.6 Å². The maximum absolute atomic E-state index is 12.3. The third-order valence-corrected chi connectivity index (χ3v) is 8.25. The molecule has 32 heavy (non-hydrogen) atoms. The van der Waals surface area contributed by atoms with Gasteiger partial charge >= 0.3 is 6.03 Å². The number of hydrogen-bond acceptors (Lipinski definition) is 4. The molecule has 168 valence electrons. The molecule has 2 saturated heterocycles. The molecule has 3 atom stereocenters. The first kappa shape index (κ1) is 21.4. The van der Waals surface area contributed by atoms with Gasteiger partial charge in [-0.15, -0.1) is 24.5 Å². The molecule has 2 fully saturated rings. The quantitative estimate of drug-likeness (QED) is 0.685. The minimum absolute atomic E-state index is 0.00231. The van der Waals surface area contributed by atoms with Gasteiger partial charge in [-0.2, -0.15) is 0 Å². The van der Waals surface area contributed by atoms with Gasteiger partial charge in [0.2, 0.25) is 0 Å². The van der Waals surface area contributed by atoms with E-state index in [2.05, 4.69) is 64.0 Å². The van der Waals surface area contributed by atoms with Gasteiger partial charge in [-0.1, -0.05) is 36.4 Å². The van der Waals surface area contributed by atoms with Gasteiger partial charge < -0.3 is 10.2 Å². The lowest BCUT2D eigenvalue weighted by Crippen LogP contribution is -2.56. The molecule has 3 unspecified atom stereocenters. The predicted octanol–water partition coefficient (Wildman–Crippen LogP) is 3.69. The number of fused-ring (bicyclic) bond motifs is 2. The van der Waals surface area contributed by atoms with Gasteiger partial charge in [0.1, 0.15) is 0 Å². The van der Waals surface area contributed by atoms with Gasteiger partial charge in [-0.05, 0) is 34.6 Å². The highest BCUT2D eigenvalue weighted by Gasteiger charge is 2.39. The van der Waals surface area contributed by atoms with Crippen LogP contribution < -0.4 is 5.32 Å². The van der Waals surface area contributed by atoms with Gasteiger partial charge in [-0.3, -0.25) is 9.80 Å². The largest absolute Gasteiger partial charge is 0.336 e. The van der Waals surface area contributed by atoms with Gasteiger partial charge in [0, 0.05) is 62.7 Å². The molecule has 0 bridgehead atoms. The van der Waals surface area contributed by atoms with Crippen LogP contribution in [0.15, 0.2) is 61.0 Å².